The lowest BCUT2D eigenvalue weighted by atomic mass is 9.98. The summed E-state index contributed by atoms with van der Waals surface area (Å²) >= 11 is 1.81. The molecule has 4 rings (SSSR count). The molecule has 25 heavy (non-hydrogen) atoms. The molecule has 0 amide bonds. The molecule has 0 bridgehead atoms. The SMILES string of the molecule is CCCCc1nc2c(N)nc3cc(C)sc3c2n1CC1CCNCC1. The summed E-state index contributed by atoms with van der Waals surface area (Å²) < 4.78 is 3.71. The van der Waals surface area contributed by atoms with Gasteiger partial charge in [-0.25, -0.2) is 9.97 Å². The highest BCUT2D eigenvalue weighted by molar-refractivity contribution is 7.19. The van der Waals surface area contributed by atoms with Crippen molar-refractivity contribution in [3.05, 3.63) is 16.8 Å². The normalized spacial score (nSPS) is 16.2. The molecule has 1 saturated heterocycles. The van der Waals surface area contributed by atoms with E-state index in [9.17, 15) is 0 Å². The number of aromatic nitrogens is 3. The molecule has 1 fully saturated rings. The topological polar surface area (TPSA) is 68.8 Å². The minimum Gasteiger partial charge on any atom is -0.382 e. The number of nitrogens with two attached hydrogens (primary N) is 1. The zero-order valence-corrected chi connectivity index (χ0v) is 16.0. The van der Waals surface area contributed by atoms with E-state index in [1.807, 2.05) is 11.3 Å². The number of aryl methyl sites for hydroxylation is 2. The van der Waals surface area contributed by atoms with E-state index in [1.54, 1.807) is 0 Å². The van der Waals surface area contributed by atoms with Crippen molar-refractivity contribution in [2.45, 2.75) is 52.5 Å². The maximum atomic E-state index is 6.28. The van der Waals surface area contributed by atoms with Crippen molar-refractivity contribution in [2.75, 3.05) is 18.8 Å². The number of unbranched alkanes of at least 4 members (excludes halogenated alkanes) is 1. The Bertz CT molecular complexity index is 888. The fourth-order valence-electron chi connectivity index (χ4n) is 3.89. The summed E-state index contributed by atoms with van der Waals surface area (Å²) in [6, 6.07) is 2.14. The third-order valence-corrected chi connectivity index (χ3v) is 6.28. The van der Waals surface area contributed by atoms with Crippen LogP contribution in [0.5, 0.6) is 0 Å². The first kappa shape index (κ1) is 16.8. The molecule has 0 aliphatic carbocycles. The van der Waals surface area contributed by atoms with Crippen LogP contribution < -0.4 is 11.1 Å². The van der Waals surface area contributed by atoms with E-state index in [4.69, 9.17) is 10.7 Å². The number of nitrogens with one attached hydrogen (secondary N) is 1. The zero-order chi connectivity index (χ0) is 17.4. The lowest BCUT2D eigenvalue weighted by Crippen LogP contribution is -2.30. The molecule has 3 aromatic rings. The predicted molar refractivity (Wildman–Crippen MR) is 106 cm³/mol. The third-order valence-electron chi connectivity index (χ3n) is 5.23. The Hall–Kier alpha value is -1.66. The number of nitrogens with zero attached hydrogens (tertiary/aromatic N) is 3. The van der Waals surface area contributed by atoms with Gasteiger partial charge in [0.05, 0.1) is 15.7 Å². The molecule has 5 nitrogen and oxygen atoms in total. The number of rotatable bonds is 5. The van der Waals surface area contributed by atoms with E-state index in [0.29, 0.717) is 11.7 Å². The van der Waals surface area contributed by atoms with Gasteiger partial charge in [0.1, 0.15) is 11.3 Å². The number of hydrogen-bond acceptors (Lipinski definition) is 5. The molecule has 3 aromatic heterocycles. The minimum absolute atomic E-state index is 0.571. The number of pyridine rings is 1. The van der Waals surface area contributed by atoms with E-state index in [-0.39, 0.29) is 0 Å². The molecule has 1 aliphatic heterocycles. The van der Waals surface area contributed by atoms with Crippen LogP contribution in [0.3, 0.4) is 0 Å². The highest BCUT2D eigenvalue weighted by Crippen LogP contribution is 2.35. The summed E-state index contributed by atoms with van der Waals surface area (Å²) in [6.07, 6.45) is 5.83. The van der Waals surface area contributed by atoms with Crippen LogP contribution in [-0.4, -0.2) is 27.6 Å². The van der Waals surface area contributed by atoms with Gasteiger partial charge in [-0.1, -0.05) is 13.3 Å². The molecule has 0 unspecified atom stereocenters. The third kappa shape index (κ3) is 3.13. The Balaban J connectivity index is 1.88. The largest absolute Gasteiger partial charge is 0.382 e. The number of nitrogen functional groups attached to an aromatic ring is 1. The summed E-state index contributed by atoms with van der Waals surface area (Å²) in [5.74, 6) is 2.47. The van der Waals surface area contributed by atoms with Gasteiger partial charge in [0.25, 0.3) is 0 Å². The van der Waals surface area contributed by atoms with E-state index in [2.05, 4.69) is 34.8 Å². The highest BCUT2D eigenvalue weighted by atomic mass is 32.1. The Morgan fingerprint density at radius 2 is 2.12 bits per heavy atom. The Morgan fingerprint density at radius 3 is 2.88 bits per heavy atom. The average Bonchev–Trinajstić information content (AvgIpc) is 3.14. The molecular formula is C19H27N5S. The summed E-state index contributed by atoms with van der Waals surface area (Å²) in [5.41, 5.74) is 9.41. The molecule has 0 saturated carbocycles. The molecule has 134 valence electrons. The van der Waals surface area contributed by atoms with Gasteiger partial charge in [0.15, 0.2) is 5.82 Å². The van der Waals surface area contributed by atoms with E-state index < -0.39 is 0 Å². The van der Waals surface area contributed by atoms with Crippen molar-refractivity contribution in [2.24, 2.45) is 5.92 Å². The van der Waals surface area contributed by atoms with Gasteiger partial charge in [0.2, 0.25) is 0 Å². The molecule has 0 aromatic carbocycles. The van der Waals surface area contributed by atoms with Gasteiger partial charge >= 0.3 is 0 Å². The van der Waals surface area contributed by atoms with Crippen molar-refractivity contribution < 1.29 is 0 Å². The molecule has 4 heterocycles. The lowest BCUT2D eigenvalue weighted by Gasteiger charge is -2.24. The fraction of sp³-hybridized carbons (Fsp3) is 0.579. The van der Waals surface area contributed by atoms with Crippen molar-refractivity contribution in [3.63, 3.8) is 0 Å². The summed E-state index contributed by atoms with van der Waals surface area (Å²) in [5, 5.41) is 3.47. The number of thiophene rings is 1. The van der Waals surface area contributed by atoms with Crippen LogP contribution in [0.2, 0.25) is 0 Å². The van der Waals surface area contributed by atoms with Gasteiger partial charge in [-0.3, -0.25) is 0 Å². The maximum Gasteiger partial charge on any atom is 0.152 e. The number of anilines is 1. The van der Waals surface area contributed by atoms with Crippen LogP contribution in [0.25, 0.3) is 21.3 Å². The lowest BCUT2D eigenvalue weighted by molar-refractivity contribution is 0.333. The van der Waals surface area contributed by atoms with E-state index in [0.717, 1.165) is 43.5 Å². The standard InChI is InChI=1S/C19H27N5S/c1-3-4-5-15-23-16-17(24(15)11-13-6-8-21-9-7-13)18-14(22-19(16)20)10-12(2)25-18/h10,13,21H,3-9,11H2,1-2H3,(H2,20,22). The van der Waals surface area contributed by atoms with Crippen LogP contribution in [-0.2, 0) is 13.0 Å². The van der Waals surface area contributed by atoms with Crippen molar-refractivity contribution in [3.8, 4) is 0 Å². The van der Waals surface area contributed by atoms with Crippen LogP contribution in [0, 0.1) is 12.8 Å². The minimum atomic E-state index is 0.571. The second kappa shape index (κ2) is 6.92. The van der Waals surface area contributed by atoms with Gasteiger partial charge in [-0.05, 0) is 51.3 Å². The zero-order valence-electron chi connectivity index (χ0n) is 15.1. The molecule has 0 spiro atoms. The second-order valence-electron chi connectivity index (χ2n) is 7.20. The molecule has 0 radical (unpaired) electrons. The van der Waals surface area contributed by atoms with Crippen molar-refractivity contribution in [1.29, 1.82) is 0 Å². The number of imidazole rings is 1. The first-order valence-corrected chi connectivity index (χ1v) is 10.2. The number of fused-ring (bicyclic) bond motifs is 3. The molecule has 3 N–H and O–H groups in total. The highest BCUT2D eigenvalue weighted by Gasteiger charge is 2.22. The summed E-state index contributed by atoms with van der Waals surface area (Å²) in [6.45, 7) is 7.67. The Labute approximate surface area is 152 Å². The first-order chi connectivity index (χ1) is 12.2. The quantitative estimate of drug-likeness (QED) is 0.727. The molecule has 1 aliphatic rings. The van der Waals surface area contributed by atoms with Gasteiger partial charge in [-0.2, -0.15) is 0 Å². The number of piperidine rings is 1. The number of hydrogen-bond donors (Lipinski definition) is 2. The van der Waals surface area contributed by atoms with Gasteiger partial charge in [-0.15, -0.1) is 11.3 Å². The second-order valence-corrected chi connectivity index (χ2v) is 8.46. The smallest absolute Gasteiger partial charge is 0.152 e. The van der Waals surface area contributed by atoms with E-state index in [1.165, 1.54) is 40.2 Å². The fourth-order valence-corrected chi connectivity index (χ4v) is 4.89. The Kier molecular flexibility index (Phi) is 4.65. The van der Waals surface area contributed by atoms with Crippen molar-refractivity contribution >= 4 is 38.4 Å². The first-order valence-electron chi connectivity index (χ1n) is 9.42. The van der Waals surface area contributed by atoms with E-state index >= 15 is 0 Å². The maximum absolute atomic E-state index is 6.28. The summed E-state index contributed by atoms with van der Waals surface area (Å²) in [7, 11) is 0. The summed E-state index contributed by atoms with van der Waals surface area (Å²) in [4.78, 5) is 10.8. The van der Waals surface area contributed by atoms with Crippen LogP contribution in [0.15, 0.2) is 6.07 Å². The van der Waals surface area contributed by atoms with Crippen LogP contribution >= 0.6 is 11.3 Å². The van der Waals surface area contributed by atoms with Crippen LogP contribution in [0.1, 0.15) is 43.3 Å². The van der Waals surface area contributed by atoms with Crippen LogP contribution in [0.4, 0.5) is 5.82 Å². The predicted octanol–water partition coefficient (Wildman–Crippen LogP) is 3.88. The Morgan fingerprint density at radius 1 is 1.32 bits per heavy atom. The molecule has 6 heteroatoms. The average molecular weight is 358 g/mol. The molecule has 0 atom stereocenters. The molecular weight excluding hydrogens is 330 g/mol. The van der Waals surface area contributed by atoms with Gasteiger partial charge in [0, 0.05) is 17.8 Å². The monoisotopic (exact) mass is 357 g/mol. The van der Waals surface area contributed by atoms with Crippen molar-refractivity contribution in [1.82, 2.24) is 19.9 Å². The van der Waals surface area contributed by atoms with Gasteiger partial charge < -0.3 is 15.6 Å².